The summed E-state index contributed by atoms with van der Waals surface area (Å²) in [7, 11) is 0. The highest BCUT2D eigenvalue weighted by Gasteiger charge is 2.13. The van der Waals surface area contributed by atoms with Crippen molar-refractivity contribution in [3.8, 4) is 0 Å². The molecule has 0 aliphatic rings. The summed E-state index contributed by atoms with van der Waals surface area (Å²) in [5.74, 6) is 0. The van der Waals surface area contributed by atoms with Crippen molar-refractivity contribution >= 4 is 11.3 Å². The summed E-state index contributed by atoms with van der Waals surface area (Å²) < 4.78 is 0. The quantitative estimate of drug-likeness (QED) is 0.716. The Morgan fingerprint density at radius 2 is 1.89 bits per heavy atom. The van der Waals surface area contributed by atoms with Gasteiger partial charge in [-0.15, -0.1) is 11.3 Å². The van der Waals surface area contributed by atoms with E-state index in [0.717, 1.165) is 6.54 Å². The number of thiophene rings is 1. The molecule has 0 saturated carbocycles. The van der Waals surface area contributed by atoms with Gasteiger partial charge in [-0.2, -0.15) is 0 Å². The molecule has 0 aliphatic heterocycles. The molecule has 18 heavy (non-hydrogen) atoms. The van der Waals surface area contributed by atoms with Gasteiger partial charge in [0, 0.05) is 4.88 Å². The van der Waals surface area contributed by atoms with Crippen molar-refractivity contribution in [3.63, 3.8) is 0 Å². The highest BCUT2D eigenvalue weighted by atomic mass is 32.1. The maximum absolute atomic E-state index is 3.68. The molecule has 1 unspecified atom stereocenters. The fourth-order valence-corrected chi connectivity index (χ4v) is 2.93. The predicted octanol–water partition coefficient (Wildman–Crippen LogP) is 4.62. The summed E-state index contributed by atoms with van der Waals surface area (Å²) in [6, 6.07) is 15.4. The Labute approximate surface area is 114 Å². The third kappa shape index (κ3) is 3.69. The minimum absolute atomic E-state index is 0.350. The van der Waals surface area contributed by atoms with E-state index in [-0.39, 0.29) is 0 Å². The molecule has 0 radical (unpaired) electrons. The predicted molar refractivity (Wildman–Crippen MR) is 80.1 cm³/mol. The van der Waals surface area contributed by atoms with Crippen LogP contribution in [-0.4, -0.2) is 6.54 Å². The lowest BCUT2D eigenvalue weighted by molar-refractivity contribution is 0.570. The second-order valence-electron chi connectivity index (χ2n) is 4.52. The second kappa shape index (κ2) is 7.34. The van der Waals surface area contributed by atoms with Gasteiger partial charge >= 0.3 is 0 Å². The van der Waals surface area contributed by atoms with Gasteiger partial charge in [-0.25, -0.2) is 0 Å². The Hall–Kier alpha value is -1.12. The molecular formula is C16H21NS. The van der Waals surface area contributed by atoms with Crippen LogP contribution in [0.2, 0.25) is 0 Å². The molecule has 1 heterocycles. The van der Waals surface area contributed by atoms with E-state index in [9.17, 15) is 0 Å². The van der Waals surface area contributed by atoms with Crippen molar-refractivity contribution < 1.29 is 0 Å². The second-order valence-corrected chi connectivity index (χ2v) is 5.50. The fourth-order valence-electron chi connectivity index (χ4n) is 2.11. The summed E-state index contributed by atoms with van der Waals surface area (Å²) in [6.07, 6.45) is 3.83. The number of nitrogens with one attached hydrogen (secondary N) is 1. The number of unbranched alkanes of at least 4 members (excludes halogenated alkanes) is 2. The maximum atomic E-state index is 3.68. The van der Waals surface area contributed by atoms with Gasteiger partial charge in [-0.3, -0.25) is 0 Å². The van der Waals surface area contributed by atoms with Crippen LogP contribution in [0.1, 0.15) is 42.7 Å². The maximum Gasteiger partial charge on any atom is 0.0671 e. The lowest BCUT2D eigenvalue weighted by Crippen LogP contribution is -2.22. The monoisotopic (exact) mass is 259 g/mol. The largest absolute Gasteiger partial charge is 0.306 e. The van der Waals surface area contributed by atoms with Crippen LogP contribution < -0.4 is 5.32 Å². The van der Waals surface area contributed by atoms with E-state index >= 15 is 0 Å². The molecule has 96 valence electrons. The molecule has 0 amide bonds. The van der Waals surface area contributed by atoms with Crippen LogP contribution in [0.3, 0.4) is 0 Å². The van der Waals surface area contributed by atoms with Crippen LogP contribution >= 0.6 is 11.3 Å². The Kier molecular flexibility index (Phi) is 5.43. The van der Waals surface area contributed by atoms with E-state index in [1.165, 1.54) is 29.7 Å². The molecule has 2 aromatic rings. The van der Waals surface area contributed by atoms with Crippen LogP contribution in [0.4, 0.5) is 0 Å². The van der Waals surface area contributed by atoms with E-state index in [0.29, 0.717) is 6.04 Å². The van der Waals surface area contributed by atoms with E-state index in [4.69, 9.17) is 0 Å². The highest BCUT2D eigenvalue weighted by Crippen LogP contribution is 2.25. The third-order valence-corrected chi connectivity index (χ3v) is 4.03. The minimum Gasteiger partial charge on any atom is -0.306 e. The smallest absolute Gasteiger partial charge is 0.0671 e. The molecule has 0 fully saturated rings. The first-order valence-electron chi connectivity index (χ1n) is 6.73. The van der Waals surface area contributed by atoms with Gasteiger partial charge in [0.25, 0.3) is 0 Å². The SMILES string of the molecule is CCCCCNC(c1ccccc1)c1cccs1. The Morgan fingerprint density at radius 1 is 1.06 bits per heavy atom. The molecule has 0 aliphatic carbocycles. The molecule has 1 aromatic carbocycles. The zero-order valence-corrected chi connectivity index (χ0v) is 11.7. The van der Waals surface area contributed by atoms with Gasteiger partial charge in [-0.1, -0.05) is 56.2 Å². The molecular weight excluding hydrogens is 238 g/mol. The van der Waals surface area contributed by atoms with E-state index in [1.54, 1.807) is 0 Å². The summed E-state index contributed by atoms with van der Waals surface area (Å²) in [6.45, 7) is 3.33. The summed E-state index contributed by atoms with van der Waals surface area (Å²) in [5.41, 5.74) is 1.36. The number of rotatable bonds is 7. The molecule has 0 bridgehead atoms. The van der Waals surface area contributed by atoms with Crippen LogP contribution in [0.5, 0.6) is 0 Å². The van der Waals surface area contributed by atoms with Gasteiger partial charge in [0.05, 0.1) is 6.04 Å². The van der Waals surface area contributed by atoms with Crippen LogP contribution in [0.25, 0.3) is 0 Å². The zero-order chi connectivity index (χ0) is 12.6. The molecule has 1 nitrogen and oxygen atoms in total. The molecule has 2 rings (SSSR count). The van der Waals surface area contributed by atoms with Crippen molar-refractivity contribution in [1.82, 2.24) is 5.32 Å². The third-order valence-electron chi connectivity index (χ3n) is 3.09. The zero-order valence-electron chi connectivity index (χ0n) is 10.9. The van der Waals surface area contributed by atoms with Gasteiger partial charge in [0.2, 0.25) is 0 Å². The molecule has 0 spiro atoms. The topological polar surface area (TPSA) is 12.0 Å². The van der Waals surface area contributed by atoms with Crippen LogP contribution in [0.15, 0.2) is 47.8 Å². The lowest BCUT2D eigenvalue weighted by Gasteiger charge is -2.18. The molecule has 1 atom stereocenters. The van der Waals surface area contributed by atoms with Gasteiger partial charge < -0.3 is 5.32 Å². The van der Waals surface area contributed by atoms with Crippen molar-refractivity contribution in [1.29, 1.82) is 0 Å². The van der Waals surface area contributed by atoms with Crippen LogP contribution in [0, 0.1) is 0 Å². The standard InChI is InChI=1S/C16H21NS/c1-2-3-7-12-17-16(15-11-8-13-18-15)14-9-5-4-6-10-14/h4-6,8-11,13,16-17H,2-3,7,12H2,1H3. The lowest BCUT2D eigenvalue weighted by atomic mass is 10.1. The Balaban J connectivity index is 2.05. The van der Waals surface area contributed by atoms with Gasteiger partial charge in [-0.05, 0) is 30.0 Å². The highest BCUT2D eigenvalue weighted by molar-refractivity contribution is 7.10. The molecule has 1 N–H and O–H groups in total. The van der Waals surface area contributed by atoms with Crippen molar-refractivity contribution in [2.24, 2.45) is 0 Å². The Morgan fingerprint density at radius 3 is 2.56 bits per heavy atom. The van der Waals surface area contributed by atoms with E-state index in [1.807, 2.05) is 11.3 Å². The van der Waals surface area contributed by atoms with Crippen molar-refractivity contribution in [3.05, 3.63) is 58.3 Å². The summed E-state index contributed by atoms with van der Waals surface area (Å²) in [4.78, 5) is 1.40. The minimum atomic E-state index is 0.350. The number of hydrogen-bond donors (Lipinski definition) is 1. The molecule has 2 heteroatoms. The molecule has 1 aromatic heterocycles. The normalized spacial score (nSPS) is 12.5. The van der Waals surface area contributed by atoms with E-state index in [2.05, 4.69) is 60.1 Å². The molecule has 0 saturated heterocycles. The Bertz CT molecular complexity index is 422. The van der Waals surface area contributed by atoms with Gasteiger partial charge in [0.15, 0.2) is 0 Å². The van der Waals surface area contributed by atoms with Crippen molar-refractivity contribution in [2.75, 3.05) is 6.54 Å². The number of benzene rings is 1. The summed E-state index contributed by atoms with van der Waals surface area (Å²) in [5, 5.41) is 5.84. The summed E-state index contributed by atoms with van der Waals surface area (Å²) >= 11 is 1.83. The van der Waals surface area contributed by atoms with Gasteiger partial charge in [0.1, 0.15) is 0 Å². The van der Waals surface area contributed by atoms with E-state index < -0.39 is 0 Å². The first kappa shape index (κ1) is 13.3. The van der Waals surface area contributed by atoms with Crippen LogP contribution in [-0.2, 0) is 0 Å². The number of hydrogen-bond acceptors (Lipinski definition) is 2. The fraction of sp³-hybridized carbons (Fsp3) is 0.375. The first-order chi connectivity index (χ1) is 8.92. The average Bonchev–Trinajstić information content (AvgIpc) is 2.94. The van der Waals surface area contributed by atoms with Crippen molar-refractivity contribution in [2.45, 2.75) is 32.2 Å². The first-order valence-corrected chi connectivity index (χ1v) is 7.61. The average molecular weight is 259 g/mol.